The molecule has 1 fully saturated rings. The lowest BCUT2D eigenvalue weighted by molar-refractivity contribution is 0.418. The number of anilines is 1. The second kappa shape index (κ2) is 6.89. The van der Waals surface area contributed by atoms with Gasteiger partial charge in [0.05, 0.1) is 6.04 Å². The van der Waals surface area contributed by atoms with E-state index in [0.29, 0.717) is 17.9 Å². The minimum absolute atomic E-state index is 0.117. The third-order valence-electron chi connectivity index (χ3n) is 3.65. The standard InChI is InChI=1S/C14H26N4O/c1-4-8-15-10(3)13-17-18-14(19-13)16-12(5-2)9-11-6-7-11/h10-12,15H,4-9H2,1-3H3,(H,16,18). The summed E-state index contributed by atoms with van der Waals surface area (Å²) in [6.45, 7) is 7.35. The van der Waals surface area contributed by atoms with Gasteiger partial charge in [-0.3, -0.25) is 0 Å². The zero-order valence-corrected chi connectivity index (χ0v) is 12.3. The molecule has 2 atom stereocenters. The van der Waals surface area contributed by atoms with Crippen molar-refractivity contribution in [2.24, 2.45) is 5.92 Å². The molecule has 0 bridgehead atoms. The van der Waals surface area contributed by atoms with Crippen molar-refractivity contribution < 1.29 is 4.42 Å². The molecular weight excluding hydrogens is 240 g/mol. The van der Waals surface area contributed by atoms with Crippen LogP contribution in [0.3, 0.4) is 0 Å². The summed E-state index contributed by atoms with van der Waals surface area (Å²) >= 11 is 0. The summed E-state index contributed by atoms with van der Waals surface area (Å²) in [6.07, 6.45) is 6.18. The molecule has 19 heavy (non-hydrogen) atoms. The third kappa shape index (κ3) is 4.49. The molecule has 108 valence electrons. The summed E-state index contributed by atoms with van der Waals surface area (Å²) in [5.41, 5.74) is 0. The number of rotatable bonds is 9. The molecule has 0 aromatic carbocycles. The lowest BCUT2D eigenvalue weighted by Crippen LogP contribution is -2.20. The van der Waals surface area contributed by atoms with E-state index in [1.807, 2.05) is 0 Å². The smallest absolute Gasteiger partial charge is 0.315 e. The normalized spacial score (nSPS) is 18.3. The predicted octanol–water partition coefficient (Wildman–Crippen LogP) is 3.12. The quantitative estimate of drug-likeness (QED) is 0.719. The van der Waals surface area contributed by atoms with Crippen molar-refractivity contribution in [2.75, 3.05) is 11.9 Å². The van der Waals surface area contributed by atoms with Gasteiger partial charge in [-0.25, -0.2) is 0 Å². The van der Waals surface area contributed by atoms with Gasteiger partial charge in [-0.05, 0) is 38.6 Å². The van der Waals surface area contributed by atoms with Crippen molar-refractivity contribution in [3.8, 4) is 0 Å². The maximum atomic E-state index is 5.68. The summed E-state index contributed by atoms with van der Waals surface area (Å²) in [5, 5.41) is 14.9. The van der Waals surface area contributed by atoms with Gasteiger partial charge in [0, 0.05) is 6.04 Å². The Morgan fingerprint density at radius 2 is 2.11 bits per heavy atom. The molecule has 0 amide bonds. The monoisotopic (exact) mass is 266 g/mol. The first-order chi connectivity index (χ1) is 9.22. The maximum absolute atomic E-state index is 5.68. The van der Waals surface area contributed by atoms with E-state index < -0.39 is 0 Å². The first kappa shape index (κ1) is 14.3. The van der Waals surface area contributed by atoms with Crippen molar-refractivity contribution >= 4 is 6.01 Å². The Hall–Kier alpha value is -1.10. The predicted molar refractivity (Wildman–Crippen MR) is 76.0 cm³/mol. The third-order valence-corrected chi connectivity index (χ3v) is 3.65. The van der Waals surface area contributed by atoms with E-state index in [4.69, 9.17) is 4.42 Å². The maximum Gasteiger partial charge on any atom is 0.315 e. The van der Waals surface area contributed by atoms with Crippen LogP contribution in [0.4, 0.5) is 6.01 Å². The lowest BCUT2D eigenvalue weighted by atomic mass is 10.1. The van der Waals surface area contributed by atoms with Gasteiger partial charge in [0.1, 0.15) is 0 Å². The van der Waals surface area contributed by atoms with Crippen molar-refractivity contribution in [3.05, 3.63) is 5.89 Å². The van der Waals surface area contributed by atoms with Gasteiger partial charge in [-0.1, -0.05) is 31.8 Å². The summed E-state index contributed by atoms with van der Waals surface area (Å²) < 4.78 is 5.68. The Bertz CT molecular complexity index is 375. The van der Waals surface area contributed by atoms with E-state index in [9.17, 15) is 0 Å². The van der Waals surface area contributed by atoms with Gasteiger partial charge in [-0.15, -0.1) is 5.10 Å². The highest BCUT2D eigenvalue weighted by Gasteiger charge is 2.25. The fourth-order valence-corrected chi connectivity index (χ4v) is 2.17. The van der Waals surface area contributed by atoms with Crippen LogP contribution in [0.15, 0.2) is 4.42 Å². The lowest BCUT2D eigenvalue weighted by Gasteiger charge is -2.14. The van der Waals surface area contributed by atoms with Crippen LogP contribution >= 0.6 is 0 Å². The van der Waals surface area contributed by atoms with Gasteiger partial charge < -0.3 is 15.1 Å². The van der Waals surface area contributed by atoms with Crippen LogP contribution < -0.4 is 10.6 Å². The molecule has 5 heteroatoms. The highest BCUT2D eigenvalue weighted by molar-refractivity contribution is 5.20. The van der Waals surface area contributed by atoms with Crippen LogP contribution in [0.25, 0.3) is 0 Å². The Balaban J connectivity index is 1.84. The number of hydrogen-bond donors (Lipinski definition) is 2. The molecule has 0 spiro atoms. The Kier molecular flexibility index (Phi) is 5.19. The SMILES string of the molecule is CCCNC(C)c1nnc(NC(CC)CC2CC2)o1. The molecule has 5 nitrogen and oxygen atoms in total. The van der Waals surface area contributed by atoms with Crippen molar-refractivity contribution in [3.63, 3.8) is 0 Å². The summed E-state index contributed by atoms with van der Waals surface area (Å²) in [7, 11) is 0. The van der Waals surface area contributed by atoms with E-state index in [2.05, 4.69) is 41.6 Å². The Labute approximate surface area is 115 Å². The van der Waals surface area contributed by atoms with E-state index in [-0.39, 0.29) is 6.04 Å². The van der Waals surface area contributed by atoms with E-state index >= 15 is 0 Å². The average Bonchev–Trinajstić information content (AvgIpc) is 3.11. The van der Waals surface area contributed by atoms with Crippen LogP contribution in [-0.2, 0) is 0 Å². The van der Waals surface area contributed by atoms with Gasteiger partial charge >= 0.3 is 6.01 Å². The van der Waals surface area contributed by atoms with Gasteiger partial charge in [0.15, 0.2) is 0 Å². The first-order valence-electron chi connectivity index (χ1n) is 7.56. The van der Waals surface area contributed by atoms with Crippen molar-refractivity contribution in [1.29, 1.82) is 0 Å². The van der Waals surface area contributed by atoms with Crippen LogP contribution in [0.5, 0.6) is 0 Å². The molecule has 1 aromatic rings. The average molecular weight is 266 g/mol. The molecular formula is C14H26N4O. The van der Waals surface area contributed by atoms with Crippen LogP contribution in [0, 0.1) is 5.92 Å². The fraction of sp³-hybridized carbons (Fsp3) is 0.857. The zero-order chi connectivity index (χ0) is 13.7. The van der Waals surface area contributed by atoms with E-state index in [1.54, 1.807) is 0 Å². The van der Waals surface area contributed by atoms with Gasteiger partial charge in [0.25, 0.3) is 0 Å². The minimum Gasteiger partial charge on any atom is -0.406 e. The largest absolute Gasteiger partial charge is 0.406 e. The Morgan fingerprint density at radius 3 is 2.74 bits per heavy atom. The summed E-state index contributed by atoms with van der Waals surface area (Å²) in [6, 6.07) is 1.14. The second-order valence-corrected chi connectivity index (χ2v) is 5.55. The highest BCUT2D eigenvalue weighted by Crippen LogP contribution is 2.34. The minimum atomic E-state index is 0.117. The first-order valence-corrected chi connectivity index (χ1v) is 7.56. The van der Waals surface area contributed by atoms with E-state index in [1.165, 1.54) is 19.3 Å². The molecule has 0 radical (unpaired) electrons. The summed E-state index contributed by atoms with van der Waals surface area (Å²) in [4.78, 5) is 0. The van der Waals surface area contributed by atoms with Crippen LogP contribution in [0.2, 0.25) is 0 Å². The van der Waals surface area contributed by atoms with Crippen molar-refractivity contribution in [2.45, 2.75) is 65.0 Å². The highest BCUT2D eigenvalue weighted by atomic mass is 16.4. The topological polar surface area (TPSA) is 63.0 Å². The molecule has 2 N–H and O–H groups in total. The fourth-order valence-electron chi connectivity index (χ4n) is 2.17. The molecule has 1 aliphatic carbocycles. The number of aromatic nitrogens is 2. The molecule has 1 saturated carbocycles. The van der Waals surface area contributed by atoms with E-state index in [0.717, 1.165) is 25.3 Å². The summed E-state index contributed by atoms with van der Waals surface area (Å²) in [5.74, 6) is 1.57. The van der Waals surface area contributed by atoms with Crippen LogP contribution in [0.1, 0.15) is 64.8 Å². The number of nitrogens with zero attached hydrogens (tertiary/aromatic N) is 2. The number of nitrogens with one attached hydrogen (secondary N) is 2. The van der Waals surface area contributed by atoms with Crippen LogP contribution in [-0.4, -0.2) is 22.8 Å². The second-order valence-electron chi connectivity index (χ2n) is 5.55. The number of hydrogen-bond acceptors (Lipinski definition) is 5. The molecule has 1 aromatic heterocycles. The zero-order valence-electron chi connectivity index (χ0n) is 12.3. The van der Waals surface area contributed by atoms with Gasteiger partial charge in [-0.2, -0.15) is 0 Å². The molecule has 2 unspecified atom stereocenters. The molecule has 1 heterocycles. The Morgan fingerprint density at radius 1 is 1.32 bits per heavy atom. The molecule has 0 aliphatic heterocycles. The van der Waals surface area contributed by atoms with Gasteiger partial charge in [0.2, 0.25) is 5.89 Å². The van der Waals surface area contributed by atoms with Crippen molar-refractivity contribution in [1.82, 2.24) is 15.5 Å². The molecule has 1 aliphatic rings. The molecule has 0 saturated heterocycles. The molecule has 2 rings (SSSR count).